The summed E-state index contributed by atoms with van der Waals surface area (Å²) in [5.41, 5.74) is 2.77. The molecule has 1 atom stereocenters. The number of carbonyl (C=O) groups excluding carboxylic acids is 5. The van der Waals surface area contributed by atoms with Crippen LogP contribution in [0.15, 0.2) is 34.2 Å². The molecule has 7 N–H and O–H groups in total. The number of fused-ring (bicyclic) bond motifs is 1. The van der Waals surface area contributed by atoms with E-state index >= 15 is 0 Å². The van der Waals surface area contributed by atoms with Crippen molar-refractivity contribution in [1.82, 2.24) is 36.2 Å². The van der Waals surface area contributed by atoms with Gasteiger partial charge in [-0.1, -0.05) is 18.6 Å². The molecular formula is C51H80N8O11S. The Bertz CT molecular complexity index is 2290. The van der Waals surface area contributed by atoms with Gasteiger partial charge >= 0.3 is 12.1 Å². The molecule has 0 spiro atoms. The number of unbranched alkanes of at least 4 members (excludes halogenated alkanes) is 5. The molecule has 3 rings (SSSR count). The fraction of sp³-hybridized carbons (Fsp3) is 0.627. The van der Waals surface area contributed by atoms with Crippen LogP contribution in [0, 0.1) is 20.8 Å². The normalized spacial score (nSPS) is 13.5. The number of carboxylic acids is 1. The summed E-state index contributed by atoms with van der Waals surface area (Å²) < 4.78 is 42.1. The fourth-order valence-corrected chi connectivity index (χ4v) is 9.57. The highest BCUT2D eigenvalue weighted by atomic mass is 32.2. The second-order valence-corrected chi connectivity index (χ2v) is 21.6. The minimum Gasteiger partial charge on any atom is -0.487 e. The van der Waals surface area contributed by atoms with Crippen LogP contribution < -0.4 is 36.0 Å². The molecule has 0 saturated heterocycles. The van der Waals surface area contributed by atoms with Crippen LogP contribution in [0.2, 0.25) is 0 Å². The number of rotatable bonds is 28. The Labute approximate surface area is 420 Å². The molecule has 0 fully saturated rings. The van der Waals surface area contributed by atoms with Crippen molar-refractivity contribution in [2.24, 2.45) is 4.99 Å². The molecule has 2 aromatic carbocycles. The summed E-state index contributed by atoms with van der Waals surface area (Å²) in [6.07, 6.45) is 6.44. The summed E-state index contributed by atoms with van der Waals surface area (Å²) in [6, 6.07) is 5.33. The standard InChI is InChI=1S/C51H80N8O11S/c1-34-35(2)45(36(3)39-32-51(7,8)69-44(34)39)71(67,68)58-48(59(9)10)54-31-19-20-40(46(63)53-29-18-15-22-42(61)56-33-37-24-26-38(27-25-37)47(64)65)57-43(62)23-14-11-13-21-41(60)52-28-16-12-17-30-55-49(66)70-50(4,5)6/h24-27,40H,11-23,28-33H2,1-10H3,(H,52,60)(H,53,63)(H,54,58)(H,55,66)(H,56,61)(H,57,62)(H,64,65)/t40-/m0/s1. The predicted molar refractivity (Wildman–Crippen MR) is 273 cm³/mol. The maximum Gasteiger partial charge on any atom is 0.407 e. The molecule has 1 heterocycles. The van der Waals surface area contributed by atoms with Crippen LogP contribution in [0.1, 0.15) is 156 Å². The van der Waals surface area contributed by atoms with E-state index in [-0.39, 0.29) is 73.0 Å². The van der Waals surface area contributed by atoms with Gasteiger partial charge in [0, 0.05) is 78.1 Å². The molecule has 19 nitrogen and oxygen atoms in total. The van der Waals surface area contributed by atoms with Gasteiger partial charge in [0.05, 0.1) is 10.5 Å². The summed E-state index contributed by atoms with van der Waals surface area (Å²) >= 11 is 0. The Hall–Kier alpha value is -5.92. The summed E-state index contributed by atoms with van der Waals surface area (Å²) in [6.45, 7) is 16.5. The van der Waals surface area contributed by atoms with Crippen molar-refractivity contribution in [3.63, 3.8) is 0 Å². The molecule has 20 heteroatoms. The lowest BCUT2D eigenvalue weighted by atomic mass is 9.94. The lowest BCUT2D eigenvalue weighted by Gasteiger charge is -2.22. The van der Waals surface area contributed by atoms with E-state index in [9.17, 15) is 37.2 Å². The monoisotopic (exact) mass is 1010 g/mol. The van der Waals surface area contributed by atoms with E-state index in [1.807, 2.05) is 20.8 Å². The first-order chi connectivity index (χ1) is 33.3. The topological polar surface area (TPSA) is 263 Å². The molecule has 0 bridgehead atoms. The van der Waals surface area contributed by atoms with E-state index in [4.69, 9.17) is 14.6 Å². The molecule has 2 aromatic rings. The minimum absolute atomic E-state index is 0.0702. The molecule has 0 aliphatic carbocycles. The number of hydrogen-bond donors (Lipinski definition) is 7. The largest absolute Gasteiger partial charge is 0.487 e. The number of guanidine groups is 1. The Kier molecular flexibility index (Phi) is 23.6. The first-order valence-electron chi connectivity index (χ1n) is 24.8. The highest BCUT2D eigenvalue weighted by molar-refractivity contribution is 7.90. The van der Waals surface area contributed by atoms with E-state index in [1.165, 1.54) is 12.1 Å². The number of nitrogens with zero attached hydrogens (tertiary/aromatic N) is 2. The summed E-state index contributed by atoms with van der Waals surface area (Å²) in [5, 5.41) is 23.3. The van der Waals surface area contributed by atoms with E-state index in [0.29, 0.717) is 75.6 Å². The first kappa shape index (κ1) is 59.4. The summed E-state index contributed by atoms with van der Waals surface area (Å²) in [5.74, 6) is -1.16. The van der Waals surface area contributed by atoms with Crippen molar-refractivity contribution >= 4 is 51.7 Å². The number of nitrogens with one attached hydrogen (secondary N) is 6. The van der Waals surface area contributed by atoms with Crippen LogP contribution in [0.5, 0.6) is 5.75 Å². The van der Waals surface area contributed by atoms with Crippen LogP contribution >= 0.6 is 0 Å². The quantitative estimate of drug-likeness (QED) is 0.0301. The van der Waals surface area contributed by atoms with Crippen LogP contribution in [-0.4, -0.2) is 118 Å². The highest BCUT2D eigenvalue weighted by Crippen LogP contribution is 2.43. The smallest absolute Gasteiger partial charge is 0.407 e. The minimum atomic E-state index is -4.08. The fourth-order valence-electron chi connectivity index (χ4n) is 7.89. The van der Waals surface area contributed by atoms with Gasteiger partial charge in [-0.15, -0.1) is 0 Å². The number of alkyl carbamates (subject to hydrolysis) is 1. The molecule has 1 aliphatic rings. The number of carbonyl (C=O) groups is 6. The second kappa shape index (κ2) is 28.2. The Morgan fingerprint density at radius 2 is 1.32 bits per heavy atom. The van der Waals surface area contributed by atoms with Gasteiger partial charge < -0.3 is 46.1 Å². The number of carboxylic acid groups (broad SMARTS) is 1. The molecular weight excluding hydrogens is 933 g/mol. The zero-order chi connectivity index (χ0) is 52.9. The Morgan fingerprint density at radius 1 is 0.761 bits per heavy atom. The Balaban J connectivity index is 1.52. The van der Waals surface area contributed by atoms with Crippen molar-refractivity contribution in [3.8, 4) is 5.75 Å². The highest BCUT2D eigenvalue weighted by Gasteiger charge is 2.37. The van der Waals surface area contributed by atoms with E-state index in [0.717, 1.165) is 41.7 Å². The number of amides is 5. The van der Waals surface area contributed by atoms with E-state index in [2.05, 4.69) is 36.3 Å². The van der Waals surface area contributed by atoms with Gasteiger partial charge in [0.1, 0.15) is 23.0 Å². The number of aromatic carboxylic acids is 1. The number of aliphatic imine (C=N–C) groups is 1. The molecule has 1 aliphatic heterocycles. The number of ether oxygens (including phenoxy) is 2. The zero-order valence-corrected chi connectivity index (χ0v) is 44.5. The van der Waals surface area contributed by atoms with Crippen LogP contribution in [-0.2, 0) is 46.9 Å². The van der Waals surface area contributed by atoms with Gasteiger partial charge in [-0.25, -0.2) is 22.7 Å². The van der Waals surface area contributed by atoms with Gasteiger partial charge in [-0.2, -0.15) is 0 Å². The maximum absolute atomic E-state index is 14.0. The van der Waals surface area contributed by atoms with Crippen molar-refractivity contribution in [3.05, 3.63) is 57.6 Å². The van der Waals surface area contributed by atoms with Crippen LogP contribution in [0.25, 0.3) is 0 Å². The van der Waals surface area contributed by atoms with Gasteiger partial charge in [-0.3, -0.25) is 24.2 Å². The molecule has 71 heavy (non-hydrogen) atoms. The molecule has 0 unspecified atom stereocenters. The Morgan fingerprint density at radius 3 is 1.94 bits per heavy atom. The first-order valence-corrected chi connectivity index (χ1v) is 26.2. The third kappa shape index (κ3) is 21.1. The number of benzene rings is 2. The van der Waals surface area contributed by atoms with E-state index < -0.39 is 45.2 Å². The molecule has 0 saturated carbocycles. The predicted octanol–water partition coefficient (Wildman–Crippen LogP) is 5.85. The average Bonchev–Trinajstić information content (AvgIpc) is 3.62. The van der Waals surface area contributed by atoms with Crippen molar-refractivity contribution < 1.29 is 51.8 Å². The van der Waals surface area contributed by atoms with E-state index in [1.54, 1.807) is 65.7 Å². The summed E-state index contributed by atoms with van der Waals surface area (Å²) in [7, 11) is -0.724. The van der Waals surface area contributed by atoms with Gasteiger partial charge in [0.25, 0.3) is 10.0 Å². The van der Waals surface area contributed by atoms with Crippen molar-refractivity contribution in [2.75, 3.05) is 40.3 Å². The van der Waals surface area contributed by atoms with Gasteiger partial charge in [-0.05, 0) is 148 Å². The van der Waals surface area contributed by atoms with Gasteiger partial charge in [0.15, 0.2) is 0 Å². The maximum atomic E-state index is 14.0. The lowest BCUT2D eigenvalue weighted by molar-refractivity contribution is -0.129. The third-order valence-corrected chi connectivity index (χ3v) is 13.3. The molecule has 0 radical (unpaired) electrons. The number of hydrogen-bond acceptors (Lipinski definition) is 11. The van der Waals surface area contributed by atoms with Crippen LogP contribution in [0.3, 0.4) is 0 Å². The summed E-state index contributed by atoms with van der Waals surface area (Å²) in [4.78, 5) is 80.7. The third-order valence-electron chi connectivity index (χ3n) is 11.7. The second-order valence-electron chi connectivity index (χ2n) is 19.9. The molecule has 5 amide bonds. The zero-order valence-electron chi connectivity index (χ0n) is 43.7. The van der Waals surface area contributed by atoms with Gasteiger partial charge in [0.2, 0.25) is 29.6 Å². The van der Waals surface area contributed by atoms with Crippen molar-refractivity contribution in [2.45, 2.75) is 174 Å². The SMILES string of the molecule is Cc1c(C)c(S(=O)(=O)NC(=NCCC[C@H](NC(=O)CCCCCC(=O)NCCCCCNC(=O)OC(C)(C)C)C(=O)NCCCCC(=O)NCc2ccc(C(=O)O)cc2)N(C)C)c(C)c2c1OC(C)(C)C2. The number of sulfonamides is 1. The van der Waals surface area contributed by atoms with Crippen molar-refractivity contribution in [1.29, 1.82) is 0 Å². The molecule has 396 valence electrons. The average molecular weight is 1010 g/mol. The van der Waals surface area contributed by atoms with Crippen LogP contribution in [0.4, 0.5) is 4.79 Å². The molecule has 0 aromatic heterocycles. The lowest BCUT2D eigenvalue weighted by Crippen LogP contribution is -2.47.